The highest BCUT2D eigenvalue weighted by Crippen LogP contribution is 2.29. The van der Waals surface area contributed by atoms with E-state index in [1.54, 1.807) is 29.2 Å². The molecule has 3 aromatic rings. The summed E-state index contributed by atoms with van der Waals surface area (Å²) in [5, 5.41) is 9.78. The maximum absolute atomic E-state index is 12.8. The number of rotatable bonds is 2. The molecule has 148 valence electrons. The molecule has 0 bridgehead atoms. The number of alkyl halides is 3. The van der Waals surface area contributed by atoms with Crippen LogP contribution in [0.5, 0.6) is 0 Å². The zero-order valence-electron chi connectivity index (χ0n) is 15.2. The van der Waals surface area contributed by atoms with Gasteiger partial charge in [0.1, 0.15) is 11.5 Å². The summed E-state index contributed by atoms with van der Waals surface area (Å²) in [5.41, 5.74) is 0.956. The van der Waals surface area contributed by atoms with Crippen LogP contribution in [0, 0.1) is 11.3 Å². The van der Waals surface area contributed by atoms with Crippen molar-refractivity contribution in [1.82, 2.24) is 14.9 Å². The van der Waals surface area contributed by atoms with Gasteiger partial charge in [-0.25, -0.2) is 4.98 Å². The zero-order valence-corrected chi connectivity index (χ0v) is 15.2. The van der Waals surface area contributed by atoms with E-state index >= 15 is 0 Å². The van der Waals surface area contributed by atoms with Crippen LogP contribution in [-0.4, -0.2) is 47.0 Å². The van der Waals surface area contributed by atoms with Crippen LogP contribution in [0.4, 0.5) is 19.0 Å². The Labute approximate surface area is 164 Å². The number of hydrogen-bond acceptors (Lipinski definition) is 4. The van der Waals surface area contributed by atoms with E-state index < -0.39 is 11.7 Å². The minimum Gasteiger partial charge on any atom is -0.353 e. The molecule has 1 fully saturated rings. The van der Waals surface area contributed by atoms with E-state index in [1.165, 1.54) is 6.07 Å². The molecule has 1 saturated heterocycles. The first-order valence-electron chi connectivity index (χ1n) is 8.95. The number of amides is 1. The summed E-state index contributed by atoms with van der Waals surface area (Å²) in [6.07, 6.45) is -3.59. The second-order valence-electron chi connectivity index (χ2n) is 6.78. The van der Waals surface area contributed by atoms with Gasteiger partial charge in [0.15, 0.2) is 0 Å². The Bertz CT molecular complexity index is 1090. The fraction of sp³-hybridized carbons (Fsp3) is 0.250. The molecule has 1 amide bonds. The molecule has 1 aliphatic heterocycles. The second-order valence-corrected chi connectivity index (χ2v) is 6.78. The molecule has 1 aliphatic rings. The third kappa shape index (κ3) is 3.74. The van der Waals surface area contributed by atoms with Gasteiger partial charge in [-0.3, -0.25) is 4.79 Å². The van der Waals surface area contributed by atoms with Crippen LogP contribution in [0.15, 0.2) is 42.6 Å². The average molecular weight is 399 g/mol. The number of aromatic nitrogens is 2. The first-order chi connectivity index (χ1) is 13.8. The third-order valence-corrected chi connectivity index (χ3v) is 4.95. The van der Waals surface area contributed by atoms with E-state index in [1.807, 2.05) is 4.90 Å². The standard InChI is InChI=1S/C20H16F3N5O/c21-20(22,23)15-2-4-18(25-12-15)27-5-7-28(8-6-27)19(29)17-10-14-9-13(11-24)1-3-16(14)26-17/h1-4,9-10,12,26H,5-8H2. The Hall–Kier alpha value is -3.54. The number of nitrogens with one attached hydrogen (secondary N) is 1. The van der Waals surface area contributed by atoms with Gasteiger partial charge < -0.3 is 14.8 Å². The van der Waals surface area contributed by atoms with Crippen molar-refractivity contribution in [2.75, 3.05) is 31.1 Å². The number of anilines is 1. The summed E-state index contributed by atoms with van der Waals surface area (Å²) < 4.78 is 38.0. The Morgan fingerprint density at radius 1 is 1.10 bits per heavy atom. The number of benzene rings is 1. The maximum Gasteiger partial charge on any atom is 0.417 e. The van der Waals surface area contributed by atoms with Crippen LogP contribution in [0.3, 0.4) is 0 Å². The van der Waals surface area contributed by atoms with Crippen molar-refractivity contribution < 1.29 is 18.0 Å². The Morgan fingerprint density at radius 3 is 2.48 bits per heavy atom. The number of halogens is 3. The number of pyridine rings is 1. The van der Waals surface area contributed by atoms with E-state index in [-0.39, 0.29) is 5.91 Å². The third-order valence-electron chi connectivity index (χ3n) is 4.95. The molecular formula is C20H16F3N5O. The van der Waals surface area contributed by atoms with Crippen LogP contribution >= 0.6 is 0 Å². The molecule has 6 nitrogen and oxygen atoms in total. The van der Waals surface area contributed by atoms with Crippen molar-refractivity contribution in [1.29, 1.82) is 5.26 Å². The first-order valence-corrected chi connectivity index (χ1v) is 8.95. The number of H-pyrrole nitrogens is 1. The molecule has 9 heteroatoms. The highest BCUT2D eigenvalue weighted by atomic mass is 19.4. The van der Waals surface area contributed by atoms with Gasteiger partial charge in [-0.05, 0) is 36.4 Å². The van der Waals surface area contributed by atoms with Crippen molar-refractivity contribution in [2.45, 2.75) is 6.18 Å². The minimum absolute atomic E-state index is 0.153. The lowest BCUT2D eigenvalue weighted by atomic mass is 10.2. The summed E-state index contributed by atoms with van der Waals surface area (Å²) in [6.45, 7) is 1.81. The van der Waals surface area contributed by atoms with Gasteiger partial charge in [0.05, 0.1) is 17.2 Å². The fourth-order valence-corrected chi connectivity index (χ4v) is 3.37. The van der Waals surface area contributed by atoms with E-state index in [9.17, 15) is 18.0 Å². The topological polar surface area (TPSA) is 76.0 Å². The van der Waals surface area contributed by atoms with Gasteiger partial charge in [-0.1, -0.05) is 0 Å². The summed E-state index contributed by atoms with van der Waals surface area (Å²) in [5.74, 6) is 0.305. The molecule has 1 aromatic carbocycles. The number of aromatic amines is 1. The van der Waals surface area contributed by atoms with E-state index in [0.29, 0.717) is 43.3 Å². The summed E-state index contributed by atoms with van der Waals surface area (Å²) in [4.78, 5) is 23.3. The predicted octanol–water partition coefficient (Wildman–Crippen LogP) is 3.42. The number of fused-ring (bicyclic) bond motifs is 1. The second kappa shape index (κ2) is 7.13. The van der Waals surface area contributed by atoms with Crippen molar-refractivity contribution in [2.24, 2.45) is 0 Å². The maximum atomic E-state index is 12.8. The lowest BCUT2D eigenvalue weighted by Crippen LogP contribution is -2.49. The van der Waals surface area contributed by atoms with E-state index in [2.05, 4.69) is 16.0 Å². The first kappa shape index (κ1) is 18.8. The van der Waals surface area contributed by atoms with Crippen LogP contribution in [0.2, 0.25) is 0 Å². The Balaban J connectivity index is 1.43. The number of piperazine rings is 1. The van der Waals surface area contributed by atoms with Gasteiger partial charge in [-0.2, -0.15) is 18.4 Å². The van der Waals surface area contributed by atoms with Crippen molar-refractivity contribution in [3.63, 3.8) is 0 Å². The predicted molar refractivity (Wildman–Crippen MR) is 100 cm³/mol. The number of carbonyl (C=O) groups is 1. The number of carbonyl (C=O) groups excluding carboxylic acids is 1. The quantitative estimate of drug-likeness (QED) is 0.717. The van der Waals surface area contributed by atoms with E-state index in [4.69, 9.17) is 5.26 Å². The molecule has 0 aliphatic carbocycles. The van der Waals surface area contributed by atoms with Crippen LogP contribution in [0.1, 0.15) is 21.6 Å². The molecule has 4 rings (SSSR count). The van der Waals surface area contributed by atoms with E-state index in [0.717, 1.165) is 23.2 Å². The van der Waals surface area contributed by atoms with Crippen molar-refractivity contribution in [3.05, 3.63) is 59.4 Å². The fourth-order valence-electron chi connectivity index (χ4n) is 3.37. The van der Waals surface area contributed by atoms with Gasteiger partial charge in [0.25, 0.3) is 5.91 Å². The minimum atomic E-state index is -4.41. The highest BCUT2D eigenvalue weighted by Gasteiger charge is 2.31. The van der Waals surface area contributed by atoms with Gasteiger partial charge >= 0.3 is 6.18 Å². The molecule has 0 spiro atoms. The molecule has 1 N–H and O–H groups in total. The molecule has 0 unspecified atom stereocenters. The van der Waals surface area contributed by atoms with Crippen LogP contribution < -0.4 is 4.90 Å². The highest BCUT2D eigenvalue weighted by molar-refractivity contribution is 5.98. The normalized spacial score (nSPS) is 14.8. The SMILES string of the molecule is N#Cc1ccc2[nH]c(C(=O)N3CCN(c4ccc(C(F)(F)F)cn4)CC3)cc2c1. The van der Waals surface area contributed by atoms with Gasteiger partial charge in [0, 0.05) is 43.3 Å². The molecule has 29 heavy (non-hydrogen) atoms. The zero-order chi connectivity index (χ0) is 20.6. The Morgan fingerprint density at radius 2 is 1.86 bits per heavy atom. The molecule has 3 heterocycles. The van der Waals surface area contributed by atoms with Crippen molar-refractivity contribution in [3.8, 4) is 6.07 Å². The summed E-state index contributed by atoms with van der Waals surface area (Å²) >= 11 is 0. The largest absolute Gasteiger partial charge is 0.417 e. The van der Waals surface area contributed by atoms with Gasteiger partial charge in [0.2, 0.25) is 0 Å². The number of hydrogen-bond donors (Lipinski definition) is 1. The average Bonchev–Trinajstić information content (AvgIpc) is 3.16. The Kier molecular flexibility index (Phi) is 4.62. The number of nitriles is 1. The molecule has 0 saturated carbocycles. The summed E-state index contributed by atoms with van der Waals surface area (Å²) in [6, 6.07) is 11.3. The molecule has 2 aromatic heterocycles. The van der Waals surface area contributed by atoms with Gasteiger partial charge in [-0.15, -0.1) is 0 Å². The monoisotopic (exact) mass is 399 g/mol. The number of nitrogens with zero attached hydrogens (tertiary/aromatic N) is 4. The molecule has 0 radical (unpaired) electrons. The molecular weight excluding hydrogens is 383 g/mol. The lowest BCUT2D eigenvalue weighted by Gasteiger charge is -2.35. The smallest absolute Gasteiger partial charge is 0.353 e. The summed E-state index contributed by atoms with van der Waals surface area (Å²) in [7, 11) is 0. The lowest BCUT2D eigenvalue weighted by molar-refractivity contribution is -0.137. The van der Waals surface area contributed by atoms with Crippen LogP contribution in [0.25, 0.3) is 10.9 Å². The van der Waals surface area contributed by atoms with Crippen LogP contribution in [-0.2, 0) is 6.18 Å². The molecule has 0 atom stereocenters. The van der Waals surface area contributed by atoms with Crippen molar-refractivity contribution >= 4 is 22.6 Å².